The van der Waals surface area contributed by atoms with Crippen LogP contribution in [-0.4, -0.2) is 42.1 Å². The van der Waals surface area contributed by atoms with Crippen molar-refractivity contribution >= 4 is 43.9 Å². The van der Waals surface area contributed by atoms with Crippen molar-refractivity contribution in [3.63, 3.8) is 0 Å². The summed E-state index contributed by atoms with van der Waals surface area (Å²) in [5, 5.41) is 4.26. The van der Waals surface area contributed by atoms with E-state index >= 15 is 0 Å². The maximum Gasteiger partial charge on any atom is 0.223 e. The molecule has 0 aliphatic carbocycles. The Hall–Kier alpha value is -1.66. The number of aromatic nitrogens is 2. The normalized spacial score (nSPS) is 11.6. The fraction of sp³-hybridized carbons (Fsp3) is 0.333. The van der Waals surface area contributed by atoms with E-state index in [4.69, 9.17) is 4.42 Å². The lowest BCUT2D eigenvalue weighted by atomic mass is 10.2. The Bertz CT molecular complexity index is 769. The lowest BCUT2D eigenvalue weighted by Crippen LogP contribution is -2.16. The van der Waals surface area contributed by atoms with E-state index in [1.165, 1.54) is 0 Å². The molecule has 1 aromatic carbocycles. The van der Waals surface area contributed by atoms with Crippen LogP contribution >= 0.6 is 15.9 Å². The fourth-order valence-electron chi connectivity index (χ4n) is 2.21. The van der Waals surface area contributed by atoms with Crippen molar-refractivity contribution in [1.82, 2.24) is 14.9 Å². The predicted octanol–water partition coefficient (Wildman–Crippen LogP) is 3.50. The number of benzene rings is 1. The third-order valence-electron chi connectivity index (χ3n) is 3.24. The highest BCUT2D eigenvalue weighted by Gasteiger charge is 2.10. The van der Waals surface area contributed by atoms with Crippen LogP contribution in [0.5, 0.6) is 0 Å². The molecule has 0 fully saturated rings. The summed E-state index contributed by atoms with van der Waals surface area (Å²) in [6.07, 6.45) is 2.77. The van der Waals surface area contributed by atoms with Gasteiger partial charge in [-0.2, -0.15) is 0 Å². The van der Waals surface area contributed by atoms with E-state index in [9.17, 15) is 0 Å². The molecular weight excluding hydrogens is 332 g/mol. The number of furan rings is 1. The highest BCUT2D eigenvalue weighted by atomic mass is 79.9. The van der Waals surface area contributed by atoms with Crippen LogP contribution in [0.3, 0.4) is 0 Å². The number of nitrogens with one attached hydrogen (secondary N) is 1. The summed E-state index contributed by atoms with van der Waals surface area (Å²) in [5.74, 6) is 0.643. The fourth-order valence-corrected chi connectivity index (χ4v) is 2.57. The van der Waals surface area contributed by atoms with Crippen molar-refractivity contribution in [3.05, 3.63) is 28.9 Å². The van der Waals surface area contributed by atoms with Gasteiger partial charge in [0.1, 0.15) is 11.1 Å². The average Bonchev–Trinajstić information content (AvgIpc) is 2.81. The summed E-state index contributed by atoms with van der Waals surface area (Å²) in [6, 6.07) is 5.91. The first-order valence-corrected chi connectivity index (χ1v) is 7.66. The van der Waals surface area contributed by atoms with E-state index < -0.39 is 0 Å². The Kier molecular flexibility index (Phi) is 4.07. The smallest absolute Gasteiger partial charge is 0.223 e. The third kappa shape index (κ3) is 3.16. The number of nitrogens with zero attached hydrogens (tertiary/aromatic N) is 3. The zero-order chi connectivity index (χ0) is 14.8. The first-order chi connectivity index (χ1) is 10.1. The number of hydrogen-bond acceptors (Lipinski definition) is 5. The molecule has 0 saturated carbocycles. The average molecular weight is 349 g/mol. The van der Waals surface area contributed by atoms with Gasteiger partial charge < -0.3 is 14.6 Å². The van der Waals surface area contributed by atoms with Crippen LogP contribution < -0.4 is 5.32 Å². The highest BCUT2D eigenvalue weighted by molar-refractivity contribution is 9.10. The minimum absolute atomic E-state index is 0.643. The van der Waals surface area contributed by atoms with Gasteiger partial charge in [-0.1, -0.05) is 15.9 Å². The maximum atomic E-state index is 5.74. The van der Waals surface area contributed by atoms with E-state index in [1.54, 1.807) is 6.20 Å². The number of rotatable bonds is 5. The van der Waals surface area contributed by atoms with E-state index in [2.05, 4.69) is 50.2 Å². The molecular formula is C15H17BrN4O. The largest absolute Gasteiger partial charge is 0.453 e. The zero-order valence-corrected chi connectivity index (χ0v) is 13.6. The lowest BCUT2D eigenvalue weighted by Gasteiger charge is -2.09. The van der Waals surface area contributed by atoms with Crippen LogP contribution in [-0.2, 0) is 0 Å². The predicted molar refractivity (Wildman–Crippen MR) is 88.7 cm³/mol. The number of halogens is 1. The Morgan fingerprint density at radius 3 is 2.95 bits per heavy atom. The lowest BCUT2D eigenvalue weighted by molar-refractivity contribution is 0.405. The van der Waals surface area contributed by atoms with Crippen molar-refractivity contribution in [3.8, 4) is 0 Å². The zero-order valence-electron chi connectivity index (χ0n) is 12.1. The maximum absolute atomic E-state index is 5.74. The van der Waals surface area contributed by atoms with Crippen LogP contribution in [0.25, 0.3) is 22.1 Å². The monoisotopic (exact) mass is 348 g/mol. The molecule has 0 aliphatic heterocycles. The molecule has 0 radical (unpaired) electrons. The van der Waals surface area contributed by atoms with Crippen LogP contribution in [0.15, 0.2) is 33.3 Å². The van der Waals surface area contributed by atoms with Gasteiger partial charge in [-0.15, -0.1) is 0 Å². The quantitative estimate of drug-likeness (QED) is 0.715. The van der Waals surface area contributed by atoms with E-state index in [0.717, 1.165) is 40.5 Å². The van der Waals surface area contributed by atoms with Crippen LogP contribution in [0, 0.1) is 0 Å². The minimum Gasteiger partial charge on any atom is -0.453 e. The Morgan fingerprint density at radius 1 is 1.29 bits per heavy atom. The second-order valence-electron chi connectivity index (χ2n) is 5.23. The molecule has 0 amide bonds. The van der Waals surface area contributed by atoms with Crippen molar-refractivity contribution in [2.45, 2.75) is 6.42 Å². The Balaban J connectivity index is 1.85. The van der Waals surface area contributed by atoms with Crippen molar-refractivity contribution in [2.75, 3.05) is 32.5 Å². The van der Waals surface area contributed by atoms with Crippen molar-refractivity contribution < 1.29 is 4.42 Å². The van der Waals surface area contributed by atoms with Crippen LogP contribution in [0.1, 0.15) is 6.42 Å². The Morgan fingerprint density at radius 2 is 2.14 bits per heavy atom. The first kappa shape index (κ1) is 14.3. The molecule has 5 nitrogen and oxygen atoms in total. The summed E-state index contributed by atoms with van der Waals surface area (Å²) in [5.41, 5.74) is 2.38. The molecule has 0 saturated heterocycles. The van der Waals surface area contributed by atoms with Gasteiger partial charge >= 0.3 is 0 Å². The van der Waals surface area contributed by atoms with Gasteiger partial charge in [0.2, 0.25) is 5.95 Å². The molecule has 3 rings (SSSR count). The van der Waals surface area contributed by atoms with Gasteiger partial charge in [0, 0.05) is 16.4 Å². The van der Waals surface area contributed by atoms with Gasteiger partial charge in [-0.05, 0) is 45.3 Å². The van der Waals surface area contributed by atoms with Gasteiger partial charge in [0.25, 0.3) is 0 Å². The van der Waals surface area contributed by atoms with Gasteiger partial charge in [-0.3, -0.25) is 0 Å². The van der Waals surface area contributed by atoms with Crippen LogP contribution in [0.4, 0.5) is 5.95 Å². The van der Waals surface area contributed by atoms with Gasteiger partial charge in [0.05, 0.1) is 6.20 Å². The molecule has 0 aliphatic rings. The summed E-state index contributed by atoms with van der Waals surface area (Å²) in [4.78, 5) is 11.0. The molecule has 2 heterocycles. The second kappa shape index (κ2) is 5.99. The molecule has 21 heavy (non-hydrogen) atoms. The molecule has 0 spiro atoms. The van der Waals surface area contributed by atoms with Gasteiger partial charge in [0.15, 0.2) is 5.58 Å². The summed E-state index contributed by atoms with van der Waals surface area (Å²) >= 11 is 3.48. The molecule has 1 N–H and O–H groups in total. The molecule has 0 unspecified atom stereocenters. The SMILES string of the molecule is CN(C)CCCNc1ncc2oc3ccc(Br)cc3c2n1. The van der Waals surface area contributed by atoms with Crippen molar-refractivity contribution in [2.24, 2.45) is 0 Å². The molecule has 3 aromatic rings. The number of anilines is 1. The van der Waals surface area contributed by atoms with Crippen molar-refractivity contribution in [1.29, 1.82) is 0 Å². The highest BCUT2D eigenvalue weighted by Crippen LogP contribution is 2.29. The summed E-state index contributed by atoms with van der Waals surface area (Å²) in [7, 11) is 4.13. The summed E-state index contributed by atoms with van der Waals surface area (Å²) in [6.45, 7) is 1.89. The standard InChI is InChI=1S/C15H17BrN4O/c1-20(2)7-3-6-17-15-18-9-13-14(19-15)11-8-10(16)4-5-12(11)21-13/h4-5,8-9H,3,6-7H2,1-2H3,(H,17,18,19). The third-order valence-corrected chi connectivity index (χ3v) is 3.73. The summed E-state index contributed by atoms with van der Waals surface area (Å²) < 4.78 is 6.75. The number of hydrogen-bond donors (Lipinski definition) is 1. The first-order valence-electron chi connectivity index (χ1n) is 6.87. The molecule has 2 aromatic heterocycles. The topological polar surface area (TPSA) is 54.2 Å². The van der Waals surface area contributed by atoms with Crippen LogP contribution in [0.2, 0.25) is 0 Å². The van der Waals surface area contributed by atoms with E-state index in [1.807, 2.05) is 18.2 Å². The molecule has 0 bridgehead atoms. The minimum atomic E-state index is 0.643. The molecule has 0 atom stereocenters. The Labute approximate surface area is 131 Å². The number of fused-ring (bicyclic) bond motifs is 3. The second-order valence-corrected chi connectivity index (χ2v) is 6.15. The molecule has 110 valence electrons. The van der Waals surface area contributed by atoms with E-state index in [0.29, 0.717) is 11.5 Å². The van der Waals surface area contributed by atoms with E-state index in [-0.39, 0.29) is 0 Å². The molecule has 6 heteroatoms. The van der Waals surface area contributed by atoms with Gasteiger partial charge in [-0.25, -0.2) is 9.97 Å².